The Bertz CT molecular complexity index is 603. The van der Waals surface area contributed by atoms with Crippen LogP contribution in [0, 0.1) is 0 Å². The Labute approximate surface area is 104 Å². The summed E-state index contributed by atoms with van der Waals surface area (Å²) in [6.45, 7) is 0. The first-order chi connectivity index (χ1) is 8.61. The largest absolute Gasteiger partial charge is 0.507 e. The van der Waals surface area contributed by atoms with Crippen LogP contribution in [0.3, 0.4) is 0 Å². The first-order valence-electron chi connectivity index (χ1n) is 5.30. The zero-order valence-electron chi connectivity index (χ0n) is 9.46. The van der Waals surface area contributed by atoms with Gasteiger partial charge in [0.05, 0.1) is 0 Å². The van der Waals surface area contributed by atoms with E-state index in [1.165, 1.54) is 12.1 Å². The minimum absolute atomic E-state index is 0.0763. The van der Waals surface area contributed by atoms with E-state index in [0.717, 1.165) is 0 Å². The van der Waals surface area contributed by atoms with Crippen molar-refractivity contribution < 1.29 is 14.7 Å². The topological polar surface area (TPSA) is 80.4 Å². The van der Waals surface area contributed by atoms with Crippen LogP contribution in [-0.4, -0.2) is 17.3 Å². The monoisotopic (exact) mass is 241 g/mol. The van der Waals surface area contributed by atoms with Crippen LogP contribution in [0.2, 0.25) is 0 Å². The normalized spacial score (nSPS) is 10.0. The van der Waals surface area contributed by atoms with Gasteiger partial charge in [-0.1, -0.05) is 12.1 Å². The van der Waals surface area contributed by atoms with Gasteiger partial charge in [-0.2, -0.15) is 0 Å². The summed E-state index contributed by atoms with van der Waals surface area (Å²) in [5, 5.41) is 9.75. The van der Waals surface area contributed by atoms with Crippen LogP contribution in [0.15, 0.2) is 42.5 Å². The molecular weight excluding hydrogens is 230 g/mol. The molecule has 2 aromatic carbocycles. The van der Waals surface area contributed by atoms with Gasteiger partial charge in [0.15, 0.2) is 0 Å². The molecule has 0 aliphatic rings. The van der Waals surface area contributed by atoms with Gasteiger partial charge in [-0.15, -0.1) is 0 Å². The second-order valence-electron chi connectivity index (χ2n) is 3.84. The van der Waals surface area contributed by atoms with Crippen LogP contribution in [0.5, 0.6) is 5.75 Å². The van der Waals surface area contributed by atoms with E-state index < -0.39 is 5.91 Å². The number of carbonyl (C=O) groups excluding carboxylic acids is 2. The predicted molar refractivity (Wildman–Crippen MR) is 67.4 cm³/mol. The van der Waals surface area contributed by atoms with Gasteiger partial charge >= 0.3 is 0 Å². The van der Waals surface area contributed by atoms with Crippen LogP contribution in [0.1, 0.15) is 20.7 Å². The molecule has 0 aromatic heterocycles. The highest BCUT2D eigenvalue weighted by Crippen LogP contribution is 2.29. The Hall–Kier alpha value is -2.62. The van der Waals surface area contributed by atoms with Crippen molar-refractivity contribution in [3.05, 3.63) is 53.6 Å². The molecule has 4 nitrogen and oxygen atoms in total. The molecule has 0 spiro atoms. The highest BCUT2D eigenvalue weighted by molar-refractivity contribution is 5.93. The highest BCUT2D eigenvalue weighted by atomic mass is 16.3. The number of rotatable bonds is 3. The van der Waals surface area contributed by atoms with E-state index in [-0.39, 0.29) is 5.75 Å². The van der Waals surface area contributed by atoms with Crippen LogP contribution >= 0.6 is 0 Å². The molecule has 18 heavy (non-hydrogen) atoms. The number of hydrogen-bond acceptors (Lipinski definition) is 3. The molecule has 1 amide bonds. The van der Waals surface area contributed by atoms with Crippen molar-refractivity contribution in [1.29, 1.82) is 0 Å². The predicted octanol–water partition coefficient (Wildman–Crippen LogP) is 1.97. The Balaban J connectivity index is 2.48. The van der Waals surface area contributed by atoms with E-state index in [4.69, 9.17) is 5.73 Å². The number of nitrogens with two attached hydrogens (primary N) is 1. The molecular formula is C14H11NO3. The zero-order valence-corrected chi connectivity index (χ0v) is 9.46. The third-order valence-electron chi connectivity index (χ3n) is 2.64. The number of primary amides is 1. The molecule has 3 N–H and O–H groups in total. The van der Waals surface area contributed by atoms with E-state index in [2.05, 4.69) is 0 Å². The SMILES string of the molecule is NC(=O)c1ccc(-c2cc(C=O)ccc2O)cc1. The number of phenols is 1. The molecule has 4 heteroatoms. The number of phenolic OH excluding ortho intramolecular Hbond substituents is 1. The number of benzene rings is 2. The van der Waals surface area contributed by atoms with Gasteiger partial charge < -0.3 is 10.8 Å². The molecule has 0 saturated heterocycles. The minimum atomic E-state index is -0.507. The summed E-state index contributed by atoms with van der Waals surface area (Å²) in [6, 6.07) is 11.1. The van der Waals surface area contributed by atoms with Crippen molar-refractivity contribution in [3.8, 4) is 16.9 Å². The molecule has 0 atom stereocenters. The van der Waals surface area contributed by atoms with E-state index in [0.29, 0.717) is 28.5 Å². The molecule has 2 aromatic rings. The lowest BCUT2D eigenvalue weighted by Crippen LogP contribution is -2.10. The molecule has 0 fully saturated rings. The van der Waals surface area contributed by atoms with Gasteiger partial charge in [-0.25, -0.2) is 0 Å². The molecule has 0 aliphatic heterocycles. The molecule has 0 heterocycles. The quantitative estimate of drug-likeness (QED) is 0.806. The summed E-state index contributed by atoms with van der Waals surface area (Å²) in [5.74, 6) is -0.431. The number of aromatic hydroxyl groups is 1. The summed E-state index contributed by atoms with van der Waals surface area (Å²) >= 11 is 0. The Morgan fingerprint density at radius 3 is 2.33 bits per heavy atom. The first kappa shape index (κ1) is 11.9. The number of amides is 1. The minimum Gasteiger partial charge on any atom is -0.507 e. The summed E-state index contributed by atoms with van der Waals surface area (Å²) in [4.78, 5) is 21.6. The maximum atomic E-state index is 10.9. The van der Waals surface area contributed by atoms with E-state index in [1.54, 1.807) is 30.3 Å². The lowest BCUT2D eigenvalue weighted by molar-refractivity contribution is 0.1000. The van der Waals surface area contributed by atoms with E-state index in [9.17, 15) is 14.7 Å². The third-order valence-corrected chi connectivity index (χ3v) is 2.64. The molecule has 2 rings (SSSR count). The Morgan fingerprint density at radius 2 is 1.78 bits per heavy atom. The first-order valence-corrected chi connectivity index (χ1v) is 5.30. The fraction of sp³-hybridized carbons (Fsp3) is 0. The standard InChI is InChI=1S/C14H11NO3/c15-14(18)11-4-2-10(3-5-11)12-7-9(8-16)1-6-13(12)17/h1-8,17H,(H2,15,18). The average Bonchev–Trinajstić information content (AvgIpc) is 2.39. The summed E-state index contributed by atoms with van der Waals surface area (Å²) in [7, 11) is 0. The van der Waals surface area contributed by atoms with Crippen molar-refractivity contribution >= 4 is 12.2 Å². The van der Waals surface area contributed by atoms with Crippen LogP contribution in [0.25, 0.3) is 11.1 Å². The lowest BCUT2D eigenvalue weighted by Gasteiger charge is -2.06. The van der Waals surface area contributed by atoms with Crippen molar-refractivity contribution in [3.63, 3.8) is 0 Å². The second kappa shape index (κ2) is 4.71. The van der Waals surface area contributed by atoms with Crippen molar-refractivity contribution in [2.24, 2.45) is 5.73 Å². The highest BCUT2D eigenvalue weighted by Gasteiger charge is 2.06. The fourth-order valence-corrected chi connectivity index (χ4v) is 1.67. The molecule has 0 saturated carbocycles. The van der Waals surface area contributed by atoms with Gasteiger partial charge in [-0.05, 0) is 35.9 Å². The fourth-order valence-electron chi connectivity index (χ4n) is 1.67. The van der Waals surface area contributed by atoms with Crippen molar-refractivity contribution in [2.75, 3.05) is 0 Å². The van der Waals surface area contributed by atoms with Gasteiger partial charge in [-0.3, -0.25) is 9.59 Å². The van der Waals surface area contributed by atoms with Crippen LogP contribution in [0.4, 0.5) is 0 Å². The molecule has 0 unspecified atom stereocenters. The van der Waals surface area contributed by atoms with Crippen molar-refractivity contribution in [1.82, 2.24) is 0 Å². The van der Waals surface area contributed by atoms with Crippen LogP contribution in [-0.2, 0) is 0 Å². The Morgan fingerprint density at radius 1 is 1.11 bits per heavy atom. The number of aldehydes is 1. The van der Waals surface area contributed by atoms with E-state index >= 15 is 0 Å². The average molecular weight is 241 g/mol. The van der Waals surface area contributed by atoms with Gasteiger partial charge in [0.2, 0.25) is 5.91 Å². The Kier molecular flexibility index (Phi) is 3.10. The third kappa shape index (κ3) is 2.22. The lowest BCUT2D eigenvalue weighted by atomic mass is 10.0. The summed E-state index contributed by atoms with van der Waals surface area (Å²) < 4.78 is 0. The van der Waals surface area contributed by atoms with Gasteiger partial charge in [0, 0.05) is 16.7 Å². The number of carbonyl (C=O) groups is 2. The summed E-state index contributed by atoms with van der Waals surface area (Å²) in [6.07, 6.45) is 0.709. The molecule has 90 valence electrons. The smallest absolute Gasteiger partial charge is 0.248 e. The van der Waals surface area contributed by atoms with Gasteiger partial charge in [0.1, 0.15) is 12.0 Å². The number of hydrogen-bond donors (Lipinski definition) is 2. The maximum absolute atomic E-state index is 10.9. The maximum Gasteiger partial charge on any atom is 0.248 e. The second-order valence-corrected chi connectivity index (χ2v) is 3.84. The zero-order chi connectivity index (χ0) is 13.1. The van der Waals surface area contributed by atoms with Crippen molar-refractivity contribution in [2.45, 2.75) is 0 Å². The molecule has 0 aliphatic carbocycles. The van der Waals surface area contributed by atoms with Crippen LogP contribution < -0.4 is 5.73 Å². The molecule has 0 bridgehead atoms. The summed E-state index contributed by atoms with van der Waals surface area (Å²) in [5.41, 5.74) is 7.26. The van der Waals surface area contributed by atoms with E-state index in [1.807, 2.05) is 0 Å². The van der Waals surface area contributed by atoms with Gasteiger partial charge in [0.25, 0.3) is 0 Å². The molecule has 0 radical (unpaired) electrons.